The molecule has 1 heterocycles. The number of rotatable bonds is 4. The van der Waals surface area contributed by atoms with Gasteiger partial charge in [0.2, 0.25) is 0 Å². The Bertz CT molecular complexity index is 414. The molecule has 1 rings (SSSR count). The Kier molecular flexibility index (Phi) is 4.55. The van der Waals surface area contributed by atoms with Gasteiger partial charge in [-0.15, -0.1) is 11.6 Å². The average molecular weight is 243 g/mol. The van der Waals surface area contributed by atoms with E-state index in [1.54, 1.807) is 4.90 Å². The lowest BCUT2D eigenvalue weighted by Crippen LogP contribution is -2.40. The highest BCUT2D eigenvalue weighted by Crippen LogP contribution is 2.04. The van der Waals surface area contributed by atoms with Gasteiger partial charge in [-0.05, 0) is 13.8 Å². The number of nitrogens with one attached hydrogen (secondary N) is 1. The summed E-state index contributed by atoms with van der Waals surface area (Å²) in [5.74, 6) is 0.0757. The lowest BCUT2D eigenvalue weighted by atomic mass is 10.2. The van der Waals surface area contributed by atoms with Crippen molar-refractivity contribution in [2.75, 3.05) is 12.4 Å². The first-order chi connectivity index (χ1) is 7.57. The van der Waals surface area contributed by atoms with Crippen molar-refractivity contribution in [3.8, 4) is 0 Å². The minimum Gasteiger partial charge on any atom is -0.367 e. The molecule has 0 aliphatic rings. The SMILES string of the molecule is CC(C)N(CCCl)C(=O)c1c[nH]ccc1=O. The van der Waals surface area contributed by atoms with E-state index in [2.05, 4.69) is 4.98 Å². The van der Waals surface area contributed by atoms with E-state index in [1.165, 1.54) is 18.5 Å². The Morgan fingerprint density at radius 3 is 2.75 bits per heavy atom. The zero-order valence-electron chi connectivity index (χ0n) is 9.37. The number of carbonyl (C=O) groups excluding carboxylic acids is 1. The molecule has 1 amide bonds. The van der Waals surface area contributed by atoms with E-state index < -0.39 is 0 Å². The van der Waals surface area contributed by atoms with Gasteiger partial charge in [-0.1, -0.05) is 0 Å². The van der Waals surface area contributed by atoms with Crippen LogP contribution in [0.1, 0.15) is 24.2 Å². The highest BCUT2D eigenvalue weighted by Gasteiger charge is 2.20. The lowest BCUT2D eigenvalue weighted by molar-refractivity contribution is 0.0716. The predicted octanol–water partition coefficient (Wildman–Crippen LogP) is 1.46. The van der Waals surface area contributed by atoms with Crippen molar-refractivity contribution in [1.82, 2.24) is 9.88 Å². The third-order valence-corrected chi connectivity index (χ3v) is 2.43. The summed E-state index contributed by atoms with van der Waals surface area (Å²) in [5.41, 5.74) is -0.120. The maximum Gasteiger partial charge on any atom is 0.259 e. The molecule has 0 radical (unpaired) electrons. The fourth-order valence-corrected chi connectivity index (χ4v) is 1.61. The van der Waals surface area contributed by atoms with Gasteiger partial charge >= 0.3 is 0 Å². The van der Waals surface area contributed by atoms with Crippen LogP contribution in [0.2, 0.25) is 0 Å². The van der Waals surface area contributed by atoms with Gasteiger partial charge in [0.15, 0.2) is 5.43 Å². The number of halogens is 1. The number of H-pyrrole nitrogens is 1. The lowest BCUT2D eigenvalue weighted by Gasteiger charge is -2.25. The van der Waals surface area contributed by atoms with Crippen LogP contribution in [0.15, 0.2) is 23.3 Å². The summed E-state index contributed by atoms with van der Waals surface area (Å²) in [6.07, 6.45) is 2.93. The summed E-state index contributed by atoms with van der Waals surface area (Å²) in [7, 11) is 0. The number of alkyl halides is 1. The van der Waals surface area contributed by atoms with Crippen molar-refractivity contribution in [2.45, 2.75) is 19.9 Å². The van der Waals surface area contributed by atoms with Crippen molar-refractivity contribution in [3.05, 3.63) is 34.2 Å². The number of aromatic amines is 1. The summed E-state index contributed by atoms with van der Waals surface area (Å²) in [6, 6.07) is 1.36. The summed E-state index contributed by atoms with van der Waals surface area (Å²) < 4.78 is 0. The van der Waals surface area contributed by atoms with Crippen LogP contribution in [0.4, 0.5) is 0 Å². The summed E-state index contributed by atoms with van der Waals surface area (Å²) >= 11 is 5.63. The third-order valence-electron chi connectivity index (χ3n) is 2.26. The van der Waals surface area contributed by atoms with Gasteiger partial charge in [0.05, 0.1) is 0 Å². The topological polar surface area (TPSA) is 53.2 Å². The van der Waals surface area contributed by atoms with Crippen molar-refractivity contribution in [3.63, 3.8) is 0 Å². The van der Waals surface area contributed by atoms with Crippen LogP contribution in [0.25, 0.3) is 0 Å². The third kappa shape index (κ3) is 2.85. The van der Waals surface area contributed by atoms with E-state index in [-0.39, 0.29) is 22.9 Å². The minimum atomic E-state index is -0.280. The monoisotopic (exact) mass is 242 g/mol. The molecule has 1 N–H and O–H groups in total. The van der Waals surface area contributed by atoms with E-state index in [0.29, 0.717) is 12.4 Å². The molecule has 0 saturated carbocycles. The van der Waals surface area contributed by atoms with Gasteiger partial charge in [0, 0.05) is 36.9 Å². The summed E-state index contributed by atoms with van der Waals surface area (Å²) in [6.45, 7) is 4.22. The molecule has 0 aliphatic heterocycles. The van der Waals surface area contributed by atoms with E-state index in [4.69, 9.17) is 11.6 Å². The van der Waals surface area contributed by atoms with E-state index >= 15 is 0 Å². The van der Waals surface area contributed by atoms with Crippen molar-refractivity contribution >= 4 is 17.5 Å². The van der Waals surface area contributed by atoms with Crippen LogP contribution in [-0.4, -0.2) is 34.3 Å². The largest absolute Gasteiger partial charge is 0.367 e. The first kappa shape index (κ1) is 12.8. The van der Waals surface area contributed by atoms with Crippen LogP contribution in [0, 0.1) is 0 Å². The molecule has 0 aromatic carbocycles. The van der Waals surface area contributed by atoms with Crippen LogP contribution < -0.4 is 5.43 Å². The molecular weight excluding hydrogens is 228 g/mol. The van der Waals surface area contributed by atoms with E-state index in [0.717, 1.165) is 0 Å². The Balaban J connectivity index is 3.00. The van der Waals surface area contributed by atoms with Gasteiger partial charge in [0.1, 0.15) is 5.56 Å². The standard InChI is InChI=1S/C11H15ClN2O2/c1-8(2)14(6-4-12)11(16)9-7-13-5-3-10(9)15/h3,5,7-8H,4,6H2,1-2H3,(H,13,15). The molecule has 0 bridgehead atoms. The molecule has 0 saturated heterocycles. The highest BCUT2D eigenvalue weighted by molar-refractivity contribution is 6.18. The van der Waals surface area contributed by atoms with Crippen molar-refractivity contribution in [1.29, 1.82) is 0 Å². The Morgan fingerprint density at radius 2 is 2.25 bits per heavy atom. The van der Waals surface area contributed by atoms with Gasteiger partial charge < -0.3 is 9.88 Å². The average Bonchev–Trinajstić information content (AvgIpc) is 2.25. The second kappa shape index (κ2) is 5.70. The van der Waals surface area contributed by atoms with Crippen LogP contribution in [0.3, 0.4) is 0 Å². The minimum absolute atomic E-state index is 0.0193. The van der Waals surface area contributed by atoms with E-state index in [9.17, 15) is 9.59 Å². The molecule has 0 aliphatic carbocycles. The normalized spacial score (nSPS) is 10.5. The quantitative estimate of drug-likeness (QED) is 0.813. The molecule has 5 heteroatoms. The first-order valence-corrected chi connectivity index (χ1v) is 5.65. The van der Waals surface area contributed by atoms with Crippen LogP contribution in [0.5, 0.6) is 0 Å². The second-order valence-electron chi connectivity index (χ2n) is 3.70. The molecule has 1 aromatic rings. The fourth-order valence-electron chi connectivity index (χ4n) is 1.42. The van der Waals surface area contributed by atoms with Crippen LogP contribution >= 0.6 is 11.6 Å². The molecule has 1 aromatic heterocycles. The summed E-state index contributed by atoms with van der Waals surface area (Å²) in [4.78, 5) is 27.9. The Morgan fingerprint density at radius 1 is 1.56 bits per heavy atom. The van der Waals surface area contributed by atoms with Gasteiger partial charge in [-0.2, -0.15) is 0 Å². The number of hydrogen-bond donors (Lipinski definition) is 1. The van der Waals surface area contributed by atoms with Crippen LogP contribution in [-0.2, 0) is 0 Å². The molecule has 16 heavy (non-hydrogen) atoms. The number of aromatic nitrogens is 1. The number of nitrogens with zero attached hydrogens (tertiary/aromatic N) is 1. The predicted molar refractivity (Wildman–Crippen MR) is 64.0 cm³/mol. The van der Waals surface area contributed by atoms with Gasteiger partial charge in [0.25, 0.3) is 5.91 Å². The number of amides is 1. The molecular formula is C11H15ClN2O2. The molecule has 0 atom stereocenters. The van der Waals surface area contributed by atoms with Crippen molar-refractivity contribution in [2.24, 2.45) is 0 Å². The highest BCUT2D eigenvalue weighted by atomic mass is 35.5. The number of hydrogen-bond acceptors (Lipinski definition) is 2. The number of pyridine rings is 1. The Labute approximate surface area is 99.2 Å². The van der Waals surface area contributed by atoms with Crippen molar-refractivity contribution < 1.29 is 4.79 Å². The fraction of sp³-hybridized carbons (Fsp3) is 0.455. The van der Waals surface area contributed by atoms with Gasteiger partial charge in [-0.25, -0.2) is 0 Å². The summed E-state index contributed by atoms with van der Waals surface area (Å²) in [5, 5.41) is 0. The Hall–Kier alpha value is -1.29. The maximum absolute atomic E-state index is 12.0. The zero-order chi connectivity index (χ0) is 12.1. The molecule has 4 nitrogen and oxygen atoms in total. The number of carbonyl (C=O) groups is 1. The molecule has 88 valence electrons. The molecule has 0 spiro atoms. The smallest absolute Gasteiger partial charge is 0.259 e. The van der Waals surface area contributed by atoms with E-state index in [1.807, 2.05) is 13.8 Å². The maximum atomic E-state index is 12.0. The first-order valence-electron chi connectivity index (χ1n) is 5.12. The molecule has 0 unspecified atom stereocenters. The second-order valence-corrected chi connectivity index (χ2v) is 4.08. The molecule has 0 fully saturated rings. The van der Waals surface area contributed by atoms with Gasteiger partial charge in [-0.3, -0.25) is 9.59 Å². The zero-order valence-corrected chi connectivity index (χ0v) is 10.1.